The lowest BCUT2D eigenvalue weighted by atomic mass is 9.91. The molecular weight excluding hydrogens is 292 g/mol. The van der Waals surface area contributed by atoms with Gasteiger partial charge in [0.05, 0.1) is 6.61 Å². The van der Waals surface area contributed by atoms with Crippen LogP contribution >= 0.6 is 11.8 Å². The number of thioether (sulfide) groups is 1. The zero-order valence-corrected chi connectivity index (χ0v) is 13.5. The van der Waals surface area contributed by atoms with E-state index in [4.69, 9.17) is 23.7 Å². The average molecular weight is 316 g/mol. The summed E-state index contributed by atoms with van der Waals surface area (Å²) in [5, 5.41) is 0. The molecule has 3 unspecified atom stereocenters. The molecule has 0 amide bonds. The normalized spacial score (nSPS) is 48.9. The Morgan fingerprint density at radius 2 is 1.71 bits per heavy atom. The van der Waals surface area contributed by atoms with Gasteiger partial charge in [-0.3, -0.25) is 0 Å². The third kappa shape index (κ3) is 2.54. The minimum absolute atomic E-state index is 0.00574. The summed E-state index contributed by atoms with van der Waals surface area (Å²) < 4.78 is 30.6. The van der Waals surface area contributed by atoms with E-state index in [0.29, 0.717) is 6.61 Å². The van der Waals surface area contributed by atoms with Crippen molar-refractivity contribution in [2.45, 2.75) is 81.0 Å². The Bertz CT molecular complexity index is 386. The number of rotatable bonds is 1. The maximum absolute atomic E-state index is 6.41. The van der Waals surface area contributed by atoms with Gasteiger partial charge in [-0.15, -0.1) is 11.8 Å². The third-order valence-electron chi connectivity index (χ3n) is 5.00. The molecule has 3 aliphatic heterocycles. The van der Waals surface area contributed by atoms with Crippen molar-refractivity contribution in [3.63, 3.8) is 0 Å². The zero-order chi connectivity index (χ0) is 14.4. The van der Waals surface area contributed by atoms with Crippen LogP contribution in [0.4, 0.5) is 0 Å². The molecule has 0 bridgehead atoms. The predicted octanol–water partition coefficient (Wildman–Crippen LogP) is 2.28. The number of ether oxygens (including phenoxy) is 5. The van der Waals surface area contributed by atoms with Gasteiger partial charge in [0.15, 0.2) is 12.1 Å². The van der Waals surface area contributed by atoms with Crippen molar-refractivity contribution in [3.8, 4) is 0 Å². The van der Waals surface area contributed by atoms with Gasteiger partial charge < -0.3 is 23.7 Å². The molecule has 3 saturated heterocycles. The molecule has 0 aromatic rings. The maximum atomic E-state index is 6.41. The lowest BCUT2D eigenvalue weighted by molar-refractivity contribution is -0.362. The molecule has 1 spiro atoms. The number of hydrogen-bond donors (Lipinski definition) is 0. The molecule has 0 N–H and O–H groups in total. The topological polar surface area (TPSA) is 46.2 Å². The van der Waals surface area contributed by atoms with Gasteiger partial charge in [0.1, 0.15) is 29.9 Å². The number of fused-ring (bicyclic) bond motifs is 3. The van der Waals surface area contributed by atoms with Crippen LogP contribution in [-0.2, 0) is 23.7 Å². The van der Waals surface area contributed by atoms with Gasteiger partial charge >= 0.3 is 0 Å². The Hall–Kier alpha value is 0.150. The van der Waals surface area contributed by atoms with Crippen LogP contribution in [0.5, 0.6) is 0 Å². The summed E-state index contributed by atoms with van der Waals surface area (Å²) in [4.78, 5) is 0. The van der Waals surface area contributed by atoms with E-state index >= 15 is 0 Å². The molecule has 4 aliphatic rings. The van der Waals surface area contributed by atoms with Crippen LogP contribution in [-0.4, -0.2) is 54.8 Å². The Morgan fingerprint density at radius 1 is 0.952 bits per heavy atom. The first-order valence-corrected chi connectivity index (χ1v) is 9.30. The summed E-state index contributed by atoms with van der Waals surface area (Å²) in [5.41, 5.74) is -0.00574. The Balaban J connectivity index is 1.55. The van der Waals surface area contributed by atoms with E-state index in [-0.39, 0.29) is 36.1 Å². The lowest BCUT2D eigenvalue weighted by Gasteiger charge is -2.51. The third-order valence-corrected chi connectivity index (χ3v) is 5.84. The lowest BCUT2D eigenvalue weighted by Crippen LogP contribution is -2.64. The summed E-state index contributed by atoms with van der Waals surface area (Å²) in [6.45, 7) is 2.54. The molecular formula is C15H24O5S. The van der Waals surface area contributed by atoms with Gasteiger partial charge in [0, 0.05) is 12.8 Å². The van der Waals surface area contributed by atoms with Gasteiger partial charge in [0.2, 0.25) is 0 Å². The van der Waals surface area contributed by atoms with Crippen molar-refractivity contribution in [2.75, 3.05) is 12.9 Å². The molecule has 1 saturated carbocycles. The molecule has 3 heterocycles. The smallest absolute Gasteiger partial charge is 0.169 e. The van der Waals surface area contributed by atoms with E-state index < -0.39 is 5.79 Å². The van der Waals surface area contributed by atoms with Crippen LogP contribution in [0.2, 0.25) is 0 Å². The fourth-order valence-corrected chi connectivity index (χ4v) is 4.73. The van der Waals surface area contributed by atoms with Crippen molar-refractivity contribution >= 4 is 11.8 Å². The molecule has 120 valence electrons. The van der Waals surface area contributed by atoms with Crippen LogP contribution in [0.1, 0.15) is 39.0 Å². The molecule has 0 aromatic heterocycles. The second-order valence-corrected chi connectivity index (χ2v) is 7.35. The van der Waals surface area contributed by atoms with Gasteiger partial charge in [-0.2, -0.15) is 0 Å². The average Bonchev–Trinajstić information content (AvgIpc) is 2.89. The standard InChI is InChI=1S/C15H24O5S/c1-9-17-12-11-10(19-14(21-2)13(12)18-9)8-16-15(20-11)6-4-3-5-7-15/h9-14H,3-8H2,1-2H3/t9?,10?,11-,12+,13?,14+/m1/s1. The molecule has 0 radical (unpaired) electrons. The molecule has 6 atom stereocenters. The van der Waals surface area contributed by atoms with E-state index in [9.17, 15) is 0 Å². The SMILES string of the molecule is CS[C@@H]1OC2COC3(CCCCC3)O[C@H]2[C@@H]2OC(C)OC21. The summed E-state index contributed by atoms with van der Waals surface area (Å²) in [6.07, 6.45) is 7.23. The second-order valence-electron chi connectivity index (χ2n) is 6.41. The molecule has 5 nitrogen and oxygen atoms in total. The first-order chi connectivity index (χ1) is 10.2. The van der Waals surface area contributed by atoms with Crippen molar-refractivity contribution in [1.29, 1.82) is 0 Å². The summed E-state index contributed by atoms with van der Waals surface area (Å²) in [5.74, 6) is -0.408. The van der Waals surface area contributed by atoms with E-state index in [2.05, 4.69) is 0 Å². The van der Waals surface area contributed by atoms with Crippen LogP contribution in [0.3, 0.4) is 0 Å². The van der Waals surface area contributed by atoms with Crippen molar-refractivity contribution < 1.29 is 23.7 Å². The largest absolute Gasteiger partial charge is 0.356 e. The van der Waals surface area contributed by atoms with Crippen LogP contribution in [0, 0.1) is 0 Å². The molecule has 4 fully saturated rings. The van der Waals surface area contributed by atoms with E-state index in [1.54, 1.807) is 11.8 Å². The van der Waals surface area contributed by atoms with Gasteiger partial charge in [-0.05, 0) is 26.0 Å². The van der Waals surface area contributed by atoms with Crippen molar-refractivity contribution in [3.05, 3.63) is 0 Å². The summed E-state index contributed by atoms with van der Waals surface area (Å²) in [6, 6.07) is 0. The minimum Gasteiger partial charge on any atom is -0.356 e. The monoisotopic (exact) mass is 316 g/mol. The molecule has 4 rings (SSSR count). The minimum atomic E-state index is -0.408. The second kappa shape index (κ2) is 5.65. The number of hydrogen-bond acceptors (Lipinski definition) is 6. The molecule has 21 heavy (non-hydrogen) atoms. The summed E-state index contributed by atoms with van der Waals surface area (Å²) >= 11 is 1.67. The highest BCUT2D eigenvalue weighted by atomic mass is 32.2. The first kappa shape index (κ1) is 14.7. The van der Waals surface area contributed by atoms with Crippen LogP contribution < -0.4 is 0 Å². The highest BCUT2D eigenvalue weighted by Crippen LogP contribution is 2.44. The van der Waals surface area contributed by atoms with Gasteiger partial charge in [-0.1, -0.05) is 6.42 Å². The van der Waals surface area contributed by atoms with E-state index in [1.807, 2.05) is 13.2 Å². The van der Waals surface area contributed by atoms with E-state index in [1.165, 1.54) is 19.3 Å². The van der Waals surface area contributed by atoms with Crippen molar-refractivity contribution in [1.82, 2.24) is 0 Å². The molecule has 0 aromatic carbocycles. The molecule has 6 heteroatoms. The fraction of sp³-hybridized carbons (Fsp3) is 1.00. The quantitative estimate of drug-likeness (QED) is 0.739. The van der Waals surface area contributed by atoms with Gasteiger partial charge in [-0.25, -0.2) is 0 Å². The predicted molar refractivity (Wildman–Crippen MR) is 78.0 cm³/mol. The maximum Gasteiger partial charge on any atom is 0.169 e. The zero-order valence-electron chi connectivity index (χ0n) is 12.7. The molecule has 1 aliphatic carbocycles. The van der Waals surface area contributed by atoms with Crippen molar-refractivity contribution in [2.24, 2.45) is 0 Å². The van der Waals surface area contributed by atoms with Gasteiger partial charge in [0.25, 0.3) is 0 Å². The van der Waals surface area contributed by atoms with Crippen LogP contribution in [0.15, 0.2) is 0 Å². The summed E-state index contributed by atoms with van der Waals surface area (Å²) in [7, 11) is 0. The van der Waals surface area contributed by atoms with Crippen LogP contribution in [0.25, 0.3) is 0 Å². The highest BCUT2D eigenvalue weighted by Gasteiger charge is 2.57. The van der Waals surface area contributed by atoms with E-state index in [0.717, 1.165) is 12.8 Å². The fourth-order valence-electron chi connectivity index (χ4n) is 3.99. The first-order valence-electron chi connectivity index (χ1n) is 8.02. The Labute approximate surface area is 130 Å². The Morgan fingerprint density at radius 3 is 2.48 bits per heavy atom. The Kier molecular flexibility index (Phi) is 3.96. The highest BCUT2D eigenvalue weighted by molar-refractivity contribution is 7.99.